The third-order valence-electron chi connectivity index (χ3n) is 4.24. The molecule has 1 saturated heterocycles. The van der Waals surface area contributed by atoms with Gasteiger partial charge in [-0.15, -0.1) is 0 Å². The summed E-state index contributed by atoms with van der Waals surface area (Å²) >= 11 is 0. The van der Waals surface area contributed by atoms with Gasteiger partial charge < -0.3 is 19.5 Å². The van der Waals surface area contributed by atoms with Crippen LogP contribution in [0.4, 0.5) is 5.69 Å². The molecule has 0 bridgehead atoms. The van der Waals surface area contributed by atoms with E-state index in [1.54, 1.807) is 46.5 Å². The van der Waals surface area contributed by atoms with Gasteiger partial charge >= 0.3 is 0 Å². The molecule has 2 rings (SSSR count). The zero-order valence-corrected chi connectivity index (χ0v) is 14.5. The van der Waals surface area contributed by atoms with Crippen molar-refractivity contribution in [2.24, 2.45) is 0 Å². The molecule has 2 amide bonds. The van der Waals surface area contributed by atoms with E-state index in [4.69, 9.17) is 14.2 Å². The van der Waals surface area contributed by atoms with Crippen LogP contribution in [0.1, 0.15) is 19.8 Å². The van der Waals surface area contributed by atoms with Crippen LogP contribution in [-0.4, -0.2) is 51.8 Å². The molecule has 0 saturated carbocycles. The lowest BCUT2D eigenvalue weighted by Crippen LogP contribution is -2.55. The molecule has 7 nitrogen and oxygen atoms in total. The second-order valence-corrected chi connectivity index (χ2v) is 5.82. The van der Waals surface area contributed by atoms with Gasteiger partial charge in [0.2, 0.25) is 11.8 Å². The molecule has 7 heteroatoms. The first-order chi connectivity index (χ1) is 11.5. The monoisotopic (exact) mass is 336 g/mol. The number of carbonyl (C=O) groups excluding carboxylic acids is 2. The summed E-state index contributed by atoms with van der Waals surface area (Å²) in [4.78, 5) is 26.6. The van der Waals surface area contributed by atoms with Crippen LogP contribution in [-0.2, 0) is 14.3 Å². The van der Waals surface area contributed by atoms with Crippen molar-refractivity contribution in [1.82, 2.24) is 5.32 Å². The third-order valence-corrected chi connectivity index (χ3v) is 4.24. The Morgan fingerprint density at radius 3 is 2.38 bits per heavy atom. The quantitative estimate of drug-likeness (QED) is 0.761. The second-order valence-electron chi connectivity index (χ2n) is 5.82. The smallest absolute Gasteiger partial charge is 0.246 e. The van der Waals surface area contributed by atoms with E-state index >= 15 is 0 Å². The van der Waals surface area contributed by atoms with Crippen LogP contribution in [0.15, 0.2) is 18.2 Å². The van der Waals surface area contributed by atoms with Crippen LogP contribution in [0.3, 0.4) is 0 Å². The molecule has 0 unspecified atom stereocenters. The second kappa shape index (κ2) is 7.53. The molecule has 24 heavy (non-hydrogen) atoms. The number of ether oxygens (including phenoxy) is 3. The van der Waals surface area contributed by atoms with Crippen molar-refractivity contribution in [3.8, 4) is 11.5 Å². The molecule has 1 heterocycles. The van der Waals surface area contributed by atoms with Crippen molar-refractivity contribution in [2.75, 3.05) is 39.4 Å². The highest BCUT2D eigenvalue weighted by Gasteiger charge is 2.48. The molecule has 1 aliphatic heterocycles. The fraction of sp³-hybridized carbons (Fsp3) is 0.529. The molecule has 0 aromatic heterocycles. The highest BCUT2D eigenvalue weighted by Crippen LogP contribution is 2.38. The van der Waals surface area contributed by atoms with Crippen molar-refractivity contribution in [3.05, 3.63) is 18.2 Å². The highest BCUT2D eigenvalue weighted by molar-refractivity contribution is 6.06. The number of nitrogens with one attached hydrogen (secondary N) is 1. The van der Waals surface area contributed by atoms with Crippen molar-refractivity contribution in [2.45, 2.75) is 25.3 Å². The van der Waals surface area contributed by atoms with Gasteiger partial charge in [0.1, 0.15) is 17.0 Å². The summed E-state index contributed by atoms with van der Waals surface area (Å²) < 4.78 is 15.5. The minimum atomic E-state index is -0.956. The topological polar surface area (TPSA) is 77.1 Å². The predicted molar refractivity (Wildman–Crippen MR) is 89.6 cm³/mol. The highest BCUT2D eigenvalue weighted by atomic mass is 16.5. The van der Waals surface area contributed by atoms with Crippen molar-refractivity contribution < 1.29 is 23.8 Å². The average Bonchev–Trinajstić information content (AvgIpc) is 2.90. The van der Waals surface area contributed by atoms with Gasteiger partial charge in [-0.05, 0) is 13.3 Å². The first-order valence-electron chi connectivity index (χ1n) is 7.79. The Morgan fingerprint density at radius 1 is 1.21 bits per heavy atom. The normalized spacial score (nSPS) is 20.2. The lowest BCUT2D eigenvalue weighted by atomic mass is 9.97. The molecule has 1 fully saturated rings. The largest absolute Gasteiger partial charge is 0.497 e. The fourth-order valence-corrected chi connectivity index (χ4v) is 2.87. The summed E-state index contributed by atoms with van der Waals surface area (Å²) in [5.41, 5.74) is -0.375. The van der Waals surface area contributed by atoms with Gasteiger partial charge in [-0.3, -0.25) is 14.5 Å². The van der Waals surface area contributed by atoms with Gasteiger partial charge in [0.05, 0.1) is 26.5 Å². The Morgan fingerprint density at radius 2 is 1.83 bits per heavy atom. The minimum absolute atomic E-state index is 0.102. The minimum Gasteiger partial charge on any atom is -0.497 e. The first kappa shape index (κ1) is 18.1. The van der Waals surface area contributed by atoms with E-state index in [2.05, 4.69) is 5.32 Å². The van der Waals surface area contributed by atoms with Crippen molar-refractivity contribution >= 4 is 17.5 Å². The molecule has 0 aliphatic carbocycles. The Bertz CT molecular complexity index is 597. The number of hydrogen-bond acceptors (Lipinski definition) is 5. The summed E-state index contributed by atoms with van der Waals surface area (Å²) in [6, 6.07) is 5.18. The molecule has 1 aromatic carbocycles. The van der Waals surface area contributed by atoms with E-state index in [-0.39, 0.29) is 11.8 Å². The van der Waals surface area contributed by atoms with E-state index in [0.29, 0.717) is 43.2 Å². The summed E-state index contributed by atoms with van der Waals surface area (Å²) in [6.45, 7) is 2.59. The molecule has 0 spiro atoms. The van der Waals surface area contributed by atoms with E-state index < -0.39 is 5.54 Å². The predicted octanol–water partition coefficient (Wildman–Crippen LogP) is 1.35. The number of anilines is 1. The van der Waals surface area contributed by atoms with Crippen LogP contribution in [0, 0.1) is 0 Å². The van der Waals surface area contributed by atoms with Gasteiger partial charge in [0, 0.05) is 38.3 Å². The molecule has 0 radical (unpaired) electrons. The zero-order chi connectivity index (χ0) is 17.7. The lowest BCUT2D eigenvalue weighted by molar-refractivity contribution is -0.127. The molecule has 1 atom stereocenters. The maximum atomic E-state index is 12.7. The van der Waals surface area contributed by atoms with Crippen LogP contribution in [0.5, 0.6) is 11.5 Å². The molecule has 1 aliphatic rings. The van der Waals surface area contributed by atoms with Crippen LogP contribution >= 0.6 is 0 Å². The van der Waals surface area contributed by atoms with Crippen LogP contribution in [0.25, 0.3) is 0 Å². The standard InChI is InChI=1S/C17H24N2O5/c1-17(16(21)18-7-8-22-2)6-5-15(20)19(17)12-9-13(23-3)11-14(10-12)24-4/h9-11H,5-8H2,1-4H3,(H,18,21)/t17-/m0/s1. The third kappa shape index (κ3) is 3.46. The SMILES string of the molecule is COCCNC(=O)[C@]1(C)CCC(=O)N1c1cc(OC)cc(OC)c1. The van der Waals surface area contributed by atoms with Crippen molar-refractivity contribution in [3.63, 3.8) is 0 Å². The van der Waals surface area contributed by atoms with Crippen LogP contribution < -0.4 is 19.7 Å². The van der Waals surface area contributed by atoms with Crippen LogP contribution in [0.2, 0.25) is 0 Å². The van der Waals surface area contributed by atoms with E-state index in [1.807, 2.05) is 0 Å². The number of rotatable bonds is 7. The summed E-state index contributed by atoms with van der Waals surface area (Å²) in [5.74, 6) is 0.819. The first-order valence-corrected chi connectivity index (χ1v) is 7.79. The molecule has 1 N–H and O–H groups in total. The number of methoxy groups -OCH3 is 3. The maximum absolute atomic E-state index is 12.7. The van der Waals surface area contributed by atoms with Gasteiger partial charge in [-0.1, -0.05) is 0 Å². The summed E-state index contributed by atoms with van der Waals surface area (Å²) in [5, 5.41) is 2.82. The van der Waals surface area contributed by atoms with E-state index in [1.165, 1.54) is 4.90 Å². The summed E-state index contributed by atoms with van der Waals surface area (Å²) in [6.07, 6.45) is 0.762. The van der Waals surface area contributed by atoms with Crippen molar-refractivity contribution in [1.29, 1.82) is 0 Å². The average molecular weight is 336 g/mol. The Balaban J connectivity index is 2.35. The van der Waals surface area contributed by atoms with E-state index in [9.17, 15) is 9.59 Å². The molecular formula is C17H24N2O5. The number of benzene rings is 1. The molecular weight excluding hydrogens is 312 g/mol. The number of nitrogens with zero attached hydrogens (tertiary/aromatic N) is 1. The number of amides is 2. The maximum Gasteiger partial charge on any atom is 0.246 e. The zero-order valence-electron chi connectivity index (χ0n) is 14.5. The Hall–Kier alpha value is -2.28. The number of carbonyl (C=O) groups is 2. The van der Waals surface area contributed by atoms with Gasteiger partial charge in [0.15, 0.2) is 0 Å². The van der Waals surface area contributed by atoms with Gasteiger partial charge in [-0.2, -0.15) is 0 Å². The van der Waals surface area contributed by atoms with Gasteiger partial charge in [-0.25, -0.2) is 0 Å². The number of hydrogen-bond donors (Lipinski definition) is 1. The van der Waals surface area contributed by atoms with E-state index in [0.717, 1.165) is 0 Å². The Kier molecular flexibility index (Phi) is 5.66. The molecule has 1 aromatic rings. The lowest BCUT2D eigenvalue weighted by Gasteiger charge is -2.34. The Labute approximate surface area is 141 Å². The fourth-order valence-electron chi connectivity index (χ4n) is 2.87. The molecule has 132 valence electrons. The summed E-state index contributed by atoms with van der Waals surface area (Å²) in [7, 11) is 4.66. The van der Waals surface area contributed by atoms with Gasteiger partial charge in [0.25, 0.3) is 0 Å².